The summed E-state index contributed by atoms with van der Waals surface area (Å²) < 4.78 is 0. The maximum absolute atomic E-state index is 13.5. The molecule has 5 atom stereocenters. The molecule has 1 amide bonds. The Morgan fingerprint density at radius 3 is 2.26 bits per heavy atom. The van der Waals surface area contributed by atoms with Crippen molar-refractivity contribution in [2.45, 2.75) is 125 Å². The predicted molar refractivity (Wildman–Crippen MR) is 215 cm³/mol. The molecule has 53 heavy (non-hydrogen) atoms. The van der Waals surface area contributed by atoms with Crippen molar-refractivity contribution in [2.24, 2.45) is 34.5 Å². The average Bonchev–Trinajstić information content (AvgIpc) is 4.08. The van der Waals surface area contributed by atoms with E-state index in [0.29, 0.717) is 42.0 Å². The summed E-state index contributed by atoms with van der Waals surface area (Å²) in [6, 6.07) is 9.41. The molecule has 1 aromatic rings. The summed E-state index contributed by atoms with van der Waals surface area (Å²) in [5.74, 6) is 13.1. The zero-order chi connectivity index (χ0) is 39.9. The molecular formula is C42H65N9O2. The highest BCUT2D eigenvalue weighted by Crippen LogP contribution is 2.49. The van der Waals surface area contributed by atoms with Gasteiger partial charge in [0.1, 0.15) is 12.6 Å². The second-order valence-electron chi connectivity index (χ2n) is 14.8. The number of hydrazine groups is 1. The fourth-order valence-corrected chi connectivity index (χ4v) is 7.84. The van der Waals surface area contributed by atoms with Gasteiger partial charge >= 0.3 is 0 Å². The van der Waals surface area contributed by atoms with Crippen LogP contribution in [0.3, 0.4) is 0 Å². The van der Waals surface area contributed by atoms with Gasteiger partial charge in [0.05, 0.1) is 18.0 Å². The summed E-state index contributed by atoms with van der Waals surface area (Å²) in [5, 5.41) is 29.5. The first kappa shape index (κ1) is 44.7. The number of carbonyl (C=O) groups excluding carboxylic acids is 2. The number of benzene rings is 1. The Bertz CT molecular complexity index is 1610. The Morgan fingerprint density at radius 2 is 1.83 bits per heavy atom. The summed E-state index contributed by atoms with van der Waals surface area (Å²) in [5.41, 5.74) is 9.02. The Kier molecular flexibility index (Phi) is 18.0. The maximum Gasteiger partial charge on any atom is 0.262 e. The highest BCUT2D eigenvalue weighted by Gasteiger charge is 2.51. The van der Waals surface area contributed by atoms with Crippen molar-refractivity contribution in [3.8, 4) is 12.1 Å². The first-order valence-corrected chi connectivity index (χ1v) is 19.2. The maximum atomic E-state index is 13.5. The second-order valence-corrected chi connectivity index (χ2v) is 14.8. The van der Waals surface area contributed by atoms with E-state index in [1.165, 1.54) is 11.1 Å². The lowest BCUT2D eigenvalue weighted by molar-refractivity contribution is -0.130. The van der Waals surface area contributed by atoms with Gasteiger partial charge in [0, 0.05) is 29.9 Å². The van der Waals surface area contributed by atoms with E-state index < -0.39 is 11.2 Å². The SMILES string of the molecule is C=C(C)NCC.CC=C(C)C.CCC1=C(C)CCc2cc(C(=O)C#N)ccc2C1(C[C@H](NCC(=O)N(CC#N)C1C(C)C1CC)C1CC1)/C(=N/N)NN. The van der Waals surface area contributed by atoms with E-state index in [-0.39, 0.29) is 31.1 Å². The molecule has 0 aliphatic heterocycles. The van der Waals surface area contributed by atoms with Gasteiger partial charge in [-0.1, -0.05) is 62.6 Å². The van der Waals surface area contributed by atoms with E-state index in [1.54, 1.807) is 17.0 Å². The van der Waals surface area contributed by atoms with Crippen LogP contribution in [0.1, 0.15) is 122 Å². The number of hydrogen-bond acceptors (Lipinski definition) is 9. The molecule has 0 saturated heterocycles. The minimum absolute atomic E-state index is 0.0534. The normalized spacial score (nSPS) is 22.0. The van der Waals surface area contributed by atoms with Crippen molar-refractivity contribution in [1.29, 1.82) is 10.5 Å². The van der Waals surface area contributed by atoms with E-state index in [2.05, 4.69) is 88.4 Å². The fourth-order valence-electron chi connectivity index (χ4n) is 7.84. The van der Waals surface area contributed by atoms with Crippen molar-refractivity contribution in [1.82, 2.24) is 21.0 Å². The summed E-state index contributed by atoms with van der Waals surface area (Å²) in [6.07, 6.45) is 7.92. The van der Waals surface area contributed by atoms with Gasteiger partial charge in [-0.15, -0.1) is 0 Å². The number of nitrogens with two attached hydrogens (primary N) is 2. The second kappa shape index (κ2) is 21.3. The Morgan fingerprint density at radius 1 is 1.17 bits per heavy atom. The topological polar surface area (TPSA) is 185 Å². The lowest BCUT2D eigenvalue weighted by Crippen LogP contribution is -2.54. The Balaban J connectivity index is 0.000000771. The van der Waals surface area contributed by atoms with Crippen LogP contribution < -0.4 is 27.7 Å². The largest absolute Gasteiger partial charge is 0.389 e. The van der Waals surface area contributed by atoms with Crippen LogP contribution in [-0.2, 0) is 16.6 Å². The number of amidine groups is 1. The van der Waals surface area contributed by atoms with Gasteiger partial charge in [0.25, 0.3) is 5.78 Å². The molecule has 2 saturated carbocycles. The third-order valence-corrected chi connectivity index (χ3v) is 10.9. The highest BCUT2D eigenvalue weighted by atomic mass is 16.2. The molecular weight excluding hydrogens is 663 g/mol. The molecule has 7 N–H and O–H groups in total. The van der Waals surface area contributed by atoms with E-state index in [1.807, 2.05) is 26.0 Å². The number of allylic oxidation sites excluding steroid dienone is 4. The quantitative estimate of drug-likeness (QED) is 0.0215. The number of hydrogen-bond donors (Lipinski definition) is 5. The molecule has 4 unspecified atom stereocenters. The van der Waals surface area contributed by atoms with Gasteiger partial charge < -0.3 is 26.8 Å². The molecule has 11 nitrogen and oxygen atoms in total. The van der Waals surface area contributed by atoms with Crippen molar-refractivity contribution in [2.75, 3.05) is 19.6 Å². The number of fused-ring (bicyclic) bond motifs is 1. The van der Waals surface area contributed by atoms with Crippen LogP contribution in [0.2, 0.25) is 0 Å². The molecule has 0 spiro atoms. The minimum atomic E-state index is -0.823. The molecule has 0 radical (unpaired) electrons. The van der Waals surface area contributed by atoms with Crippen LogP contribution in [-0.4, -0.2) is 54.1 Å². The van der Waals surface area contributed by atoms with Crippen LogP contribution in [0.4, 0.5) is 0 Å². The van der Waals surface area contributed by atoms with E-state index in [0.717, 1.165) is 61.0 Å². The fraction of sp³-hybridized carbons (Fsp3) is 0.595. The number of nitriles is 2. The Labute approximate surface area is 319 Å². The van der Waals surface area contributed by atoms with Gasteiger partial charge in [0.2, 0.25) is 5.91 Å². The number of rotatable bonds is 14. The van der Waals surface area contributed by atoms with Gasteiger partial charge in [-0.05, 0) is 121 Å². The van der Waals surface area contributed by atoms with E-state index in [9.17, 15) is 20.1 Å². The number of aryl methyl sites for hydroxylation is 1. The van der Waals surface area contributed by atoms with Gasteiger partial charge in [0.15, 0.2) is 5.84 Å². The lowest BCUT2D eigenvalue weighted by Gasteiger charge is -2.41. The zero-order valence-corrected chi connectivity index (χ0v) is 33.7. The van der Waals surface area contributed by atoms with Crippen LogP contribution in [0.5, 0.6) is 0 Å². The van der Waals surface area contributed by atoms with Crippen molar-refractivity contribution in [3.05, 3.63) is 70.0 Å². The molecule has 290 valence electrons. The standard InChI is InChI=1S/C32H44N8O2.C5H11N.C5H10/c1-5-24-20(4)30(24)40(14-13-33)29(42)18-37-27(21-9-10-21)16-32(31(38-35)39-36)25(6-2)19(3)7-8-22-15-23(28(41)17-34)11-12-26(22)32;1-4-6-5(2)3;1-4-5(2)3/h11-12,15,20-21,24,27,30,37H,5-10,14,16,18,35-36H2,1-4H3,(H,38,39);6H,2,4H2,1,3H3;4H,1-3H3/t20?,24?,27-,30?,32?;;/m0../s1. The third-order valence-electron chi connectivity index (χ3n) is 10.9. The van der Waals surface area contributed by atoms with E-state index >= 15 is 0 Å². The smallest absolute Gasteiger partial charge is 0.262 e. The molecule has 3 aliphatic carbocycles. The first-order chi connectivity index (χ1) is 25.3. The molecule has 0 bridgehead atoms. The van der Waals surface area contributed by atoms with E-state index in [4.69, 9.17) is 11.7 Å². The van der Waals surface area contributed by atoms with Crippen molar-refractivity contribution in [3.63, 3.8) is 0 Å². The van der Waals surface area contributed by atoms with Crippen molar-refractivity contribution < 1.29 is 9.59 Å². The average molecular weight is 728 g/mol. The van der Waals surface area contributed by atoms with Crippen LogP contribution in [0.15, 0.2) is 58.4 Å². The third kappa shape index (κ3) is 11.5. The van der Waals surface area contributed by atoms with Gasteiger partial charge in [-0.2, -0.15) is 15.6 Å². The van der Waals surface area contributed by atoms with Crippen molar-refractivity contribution >= 4 is 17.5 Å². The van der Waals surface area contributed by atoms with Crippen LogP contribution >= 0.6 is 0 Å². The molecule has 2 fully saturated rings. The molecule has 4 rings (SSSR count). The number of hydrazone groups is 1. The minimum Gasteiger partial charge on any atom is -0.389 e. The Hall–Kier alpha value is -4.45. The van der Waals surface area contributed by atoms with Crippen LogP contribution in [0, 0.1) is 40.4 Å². The first-order valence-electron chi connectivity index (χ1n) is 19.2. The summed E-state index contributed by atoms with van der Waals surface area (Å²) >= 11 is 0. The van der Waals surface area contributed by atoms with Crippen LogP contribution in [0.25, 0.3) is 0 Å². The zero-order valence-electron chi connectivity index (χ0n) is 33.7. The van der Waals surface area contributed by atoms with Gasteiger partial charge in [-0.3, -0.25) is 9.59 Å². The number of carbonyl (C=O) groups is 2. The summed E-state index contributed by atoms with van der Waals surface area (Å²) in [7, 11) is 0. The number of ketones is 1. The monoisotopic (exact) mass is 728 g/mol. The molecule has 1 aromatic carbocycles. The lowest BCUT2D eigenvalue weighted by atomic mass is 9.65. The summed E-state index contributed by atoms with van der Waals surface area (Å²) in [6.45, 7) is 23.5. The number of Topliss-reactive ketones (excluding diaryl/α,β-unsaturated/α-hetero) is 1. The number of amides is 1. The number of nitrogens with one attached hydrogen (secondary N) is 3. The number of nitrogens with zero attached hydrogens (tertiary/aromatic N) is 4. The predicted octanol–water partition coefficient (Wildman–Crippen LogP) is 6.30. The highest BCUT2D eigenvalue weighted by molar-refractivity contribution is 6.08. The molecule has 0 aromatic heterocycles. The summed E-state index contributed by atoms with van der Waals surface area (Å²) in [4.78, 5) is 27.6. The van der Waals surface area contributed by atoms with Gasteiger partial charge in [-0.25, -0.2) is 5.84 Å². The molecule has 0 heterocycles. The molecule has 11 heteroatoms. The molecule has 3 aliphatic rings.